The lowest BCUT2D eigenvalue weighted by Crippen LogP contribution is -2.18. The number of rotatable bonds is 3. The first-order valence-electron chi connectivity index (χ1n) is 7.83. The van der Waals surface area contributed by atoms with E-state index >= 15 is 0 Å². The maximum absolute atomic E-state index is 11.9. The minimum absolute atomic E-state index is 0.0980. The van der Waals surface area contributed by atoms with Crippen molar-refractivity contribution in [3.05, 3.63) is 72.1 Å². The van der Waals surface area contributed by atoms with E-state index in [4.69, 9.17) is 5.73 Å². The van der Waals surface area contributed by atoms with Gasteiger partial charge in [0.15, 0.2) is 11.3 Å². The molecule has 4 aromatic rings. The second-order valence-corrected chi connectivity index (χ2v) is 5.69. The number of benzene rings is 2. The SMILES string of the molecule is Cc1nn2c(-c3ccccc3)c(C(N)=O)nnc2c1-c1ccccc1. The third-order valence-corrected chi connectivity index (χ3v) is 4.06. The third kappa shape index (κ3) is 2.44. The molecular formula is C19H15N5O. The van der Waals surface area contributed by atoms with Gasteiger partial charge in [-0.1, -0.05) is 60.7 Å². The summed E-state index contributed by atoms with van der Waals surface area (Å²) in [6, 6.07) is 19.3. The topological polar surface area (TPSA) is 86.2 Å². The summed E-state index contributed by atoms with van der Waals surface area (Å²) in [4.78, 5) is 11.9. The summed E-state index contributed by atoms with van der Waals surface area (Å²) < 4.78 is 1.65. The number of hydrogen-bond donors (Lipinski definition) is 1. The Labute approximate surface area is 143 Å². The summed E-state index contributed by atoms with van der Waals surface area (Å²) in [6.07, 6.45) is 0. The summed E-state index contributed by atoms with van der Waals surface area (Å²) in [7, 11) is 0. The Morgan fingerprint density at radius 3 is 2.12 bits per heavy atom. The molecule has 0 bridgehead atoms. The van der Waals surface area contributed by atoms with Crippen molar-refractivity contribution in [2.24, 2.45) is 5.73 Å². The molecule has 4 rings (SSSR count). The van der Waals surface area contributed by atoms with E-state index in [2.05, 4.69) is 15.3 Å². The quantitative estimate of drug-likeness (QED) is 0.626. The lowest BCUT2D eigenvalue weighted by Gasteiger charge is -2.08. The molecule has 0 aliphatic rings. The average Bonchev–Trinajstić information content (AvgIpc) is 2.98. The lowest BCUT2D eigenvalue weighted by atomic mass is 10.1. The fourth-order valence-corrected chi connectivity index (χ4v) is 2.97. The second-order valence-electron chi connectivity index (χ2n) is 5.69. The molecule has 25 heavy (non-hydrogen) atoms. The Balaban J connectivity index is 2.09. The van der Waals surface area contributed by atoms with E-state index in [1.165, 1.54) is 0 Å². The highest BCUT2D eigenvalue weighted by Gasteiger charge is 2.22. The molecule has 0 saturated heterocycles. The van der Waals surface area contributed by atoms with Crippen LogP contribution in [0.3, 0.4) is 0 Å². The number of aromatic nitrogens is 4. The summed E-state index contributed by atoms with van der Waals surface area (Å²) in [5.74, 6) is -0.636. The molecule has 0 atom stereocenters. The van der Waals surface area contributed by atoms with Crippen molar-refractivity contribution in [2.45, 2.75) is 6.92 Å². The Kier molecular flexibility index (Phi) is 3.50. The molecule has 0 aliphatic heterocycles. The Morgan fingerprint density at radius 2 is 1.52 bits per heavy atom. The van der Waals surface area contributed by atoms with Crippen molar-refractivity contribution in [1.29, 1.82) is 0 Å². The fraction of sp³-hybridized carbons (Fsp3) is 0.0526. The molecule has 2 aromatic heterocycles. The van der Waals surface area contributed by atoms with Crippen molar-refractivity contribution >= 4 is 11.6 Å². The van der Waals surface area contributed by atoms with Crippen molar-refractivity contribution in [1.82, 2.24) is 19.8 Å². The molecule has 122 valence electrons. The molecule has 0 unspecified atom stereocenters. The smallest absolute Gasteiger partial charge is 0.271 e. The Hall–Kier alpha value is -3.54. The summed E-state index contributed by atoms with van der Waals surface area (Å²) in [5, 5.41) is 12.9. The number of carbonyl (C=O) groups excluding carboxylic acids is 1. The van der Waals surface area contributed by atoms with Crippen molar-refractivity contribution in [3.8, 4) is 22.4 Å². The van der Waals surface area contributed by atoms with E-state index in [-0.39, 0.29) is 5.69 Å². The standard InChI is InChI=1S/C19H15N5O/c1-12-15(13-8-4-2-5-9-13)19-22-21-16(18(20)25)17(24(19)23-12)14-10-6-3-7-11-14/h2-11H,1H3,(H2,20,25). The Bertz CT molecular complexity index is 1070. The van der Waals surface area contributed by atoms with Gasteiger partial charge in [-0.3, -0.25) is 4.79 Å². The second kappa shape index (κ2) is 5.83. The maximum atomic E-state index is 11.9. The number of fused-ring (bicyclic) bond motifs is 1. The van der Waals surface area contributed by atoms with Crippen LogP contribution in [0.15, 0.2) is 60.7 Å². The van der Waals surface area contributed by atoms with E-state index in [9.17, 15) is 4.79 Å². The average molecular weight is 329 g/mol. The molecule has 2 N–H and O–H groups in total. The predicted molar refractivity (Wildman–Crippen MR) is 94.9 cm³/mol. The van der Waals surface area contributed by atoms with Crippen LogP contribution >= 0.6 is 0 Å². The normalized spacial score (nSPS) is 10.9. The minimum atomic E-state index is -0.636. The van der Waals surface area contributed by atoms with Crippen LogP contribution in [0.5, 0.6) is 0 Å². The van der Waals surface area contributed by atoms with Crippen LogP contribution in [0, 0.1) is 6.92 Å². The first-order chi connectivity index (χ1) is 12.2. The monoisotopic (exact) mass is 329 g/mol. The van der Waals surface area contributed by atoms with Crippen LogP contribution < -0.4 is 5.73 Å². The summed E-state index contributed by atoms with van der Waals surface area (Å²) >= 11 is 0. The van der Waals surface area contributed by atoms with Crippen molar-refractivity contribution in [2.75, 3.05) is 0 Å². The lowest BCUT2D eigenvalue weighted by molar-refractivity contribution is 0.0995. The zero-order chi connectivity index (χ0) is 17.4. The van der Waals surface area contributed by atoms with Gasteiger partial charge in [0.2, 0.25) is 0 Å². The molecule has 0 aliphatic carbocycles. The van der Waals surface area contributed by atoms with Crippen molar-refractivity contribution in [3.63, 3.8) is 0 Å². The number of hydrogen-bond acceptors (Lipinski definition) is 4. The highest BCUT2D eigenvalue weighted by Crippen LogP contribution is 2.30. The third-order valence-electron chi connectivity index (χ3n) is 4.06. The van der Waals surface area contributed by atoms with E-state index < -0.39 is 5.91 Å². The molecule has 0 radical (unpaired) electrons. The van der Waals surface area contributed by atoms with Crippen LogP contribution in [-0.4, -0.2) is 25.7 Å². The summed E-state index contributed by atoms with van der Waals surface area (Å²) in [6.45, 7) is 1.91. The highest BCUT2D eigenvalue weighted by molar-refractivity contribution is 5.97. The van der Waals surface area contributed by atoms with Crippen LogP contribution in [0.25, 0.3) is 28.0 Å². The highest BCUT2D eigenvalue weighted by atomic mass is 16.1. The molecular weight excluding hydrogens is 314 g/mol. The molecule has 0 fully saturated rings. The minimum Gasteiger partial charge on any atom is -0.364 e. The number of nitrogens with zero attached hydrogens (tertiary/aromatic N) is 4. The molecule has 6 heteroatoms. The fourth-order valence-electron chi connectivity index (χ4n) is 2.97. The van der Waals surface area contributed by atoms with Gasteiger partial charge in [0, 0.05) is 5.56 Å². The van der Waals surface area contributed by atoms with E-state index in [0.29, 0.717) is 11.3 Å². The van der Waals surface area contributed by atoms with Crippen LogP contribution in [-0.2, 0) is 0 Å². The van der Waals surface area contributed by atoms with Gasteiger partial charge < -0.3 is 5.73 Å². The van der Waals surface area contributed by atoms with E-state index in [1.54, 1.807) is 4.52 Å². The van der Waals surface area contributed by atoms with Gasteiger partial charge in [0.05, 0.1) is 11.3 Å². The molecule has 6 nitrogen and oxygen atoms in total. The van der Waals surface area contributed by atoms with Gasteiger partial charge in [-0.25, -0.2) is 4.52 Å². The van der Waals surface area contributed by atoms with Crippen LogP contribution in [0.4, 0.5) is 0 Å². The summed E-state index contributed by atoms with van der Waals surface area (Å²) in [5.41, 5.74) is 10.2. The van der Waals surface area contributed by atoms with Gasteiger partial charge in [-0.05, 0) is 12.5 Å². The molecule has 0 saturated carbocycles. The number of amides is 1. The molecule has 1 amide bonds. The first-order valence-corrected chi connectivity index (χ1v) is 7.83. The Morgan fingerprint density at radius 1 is 0.920 bits per heavy atom. The molecule has 2 aromatic carbocycles. The van der Waals surface area contributed by atoms with Crippen molar-refractivity contribution < 1.29 is 4.79 Å². The van der Waals surface area contributed by atoms with Crippen LogP contribution in [0.2, 0.25) is 0 Å². The maximum Gasteiger partial charge on any atom is 0.271 e. The zero-order valence-corrected chi connectivity index (χ0v) is 13.5. The molecule has 2 heterocycles. The number of aryl methyl sites for hydroxylation is 1. The van der Waals surface area contributed by atoms with E-state index in [1.807, 2.05) is 67.6 Å². The van der Waals surface area contributed by atoms with Gasteiger partial charge in [-0.2, -0.15) is 5.10 Å². The van der Waals surface area contributed by atoms with E-state index in [0.717, 1.165) is 22.4 Å². The van der Waals surface area contributed by atoms with Crippen LogP contribution in [0.1, 0.15) is 16.2 Å². The van der Waals surface area contributed by atoms with Gasteiger partial charge in [0.25, 0.3) is 5.91 Å². The number of primary amides is 1. The number of carbonyl (C=O) groups is 1. The largest absolute Gasteiger partial charge is 0.364 e. The first kappa shape index (κ1) is 15.0. The zero-order valence-electron chi connectivity index (χ0n) is 13.5. The van der Waals surface area contributed by atoms with Gasteiger partial charge >= 0.3 is 0 Å². The predicted octanol–water partition coefficient (Wildman–Crippen LogP) is 2.87. The van der Waals surface area contributed by atoms with Gasteiger partial charge in [-0.15, -0.1) is 10.2 Å². The molecule has 0 spiro atoms. The number of nitrogens with two attached hydrogens (primary N) is 1. The van der Waals surface area contributed by atoms with Gasteiger partial charge in [0.1, 0.15) is 5.69 Å².